The SMILES string of the molecule is CCS(=O)(=O)N1CCC(C(=O)N2CCCCCC2)(c2ccccc2)CC1. The van der Waals surface area contributed by atoms with E-state index in [1.165, 1.54) is 12.8 Å². The third-order valence-electron chi connectivity index (χ3n) is 5.96. The van der Waals surface area contributed by atoms with Crippen LogP contribution in [0.5, 0.6) is 0 Å². The van der Waals surface area contributed by atoms with Gasteiger partial charge in [0.05, 0.1) is 11.2 Å². The largest absolute Gasteiger partial charge is 0.342 e. The molecule has 2 heterocycles. The summed E-state index contributed by atoms with van der Waals surface area (Å²) >= 11 is 0. The van der Waals surface area contributed by atoms with Crippen LogP contribution < -0.4 is 0 Å². The van der Waals surface area contributed by atoms with E-state index >= 15 is 0 Å². The van der Waals surface area contributed by atoms with Crippen molar-refractivity contribution in [3.8, 4) is 0 Å². The number of piperidine rings is 1. The van der Waals surface area contributed by atoms with Gasteiger partial charge in [-0.25, -0.2) is 12.7 Å². The van der Waals surface area contributed by atoms with Crippen molar-refractivity contribution in [2.24, 2.45) is 0 Å². The van der Waals surface area contributed by atoms with E-state index in [1.54, 1.807) is 11.2 Å². The second-order valence-electron chi connectivity index (χ2n) is 7.45. The summed E-state index contributed by atoms with van der Waals surface area (Å²) in [5.41, 5.74) is 0.438. The topological polar surface area (TPSA) is 57.7 Å². The van der Waals surface area contributed by atoms with Crippen LogP contribution >= 0.6 is 0 Å². The standard InChI is InChI=1S/C20H30N2O3S/c1-2-26(24,25)22-16-12-20(13-17-22,18-10-6-5-7-11-18)19(23)21-14-8-3-4-9-15-21/h5-7,10-11H,2-4,8-9,12-17H2,1H3. The first kappa shape index (κ1) is 19.4. The molecule has 144 valence electrons. The highest BCUT2D eigenvalue weighted by Crippen LogP contribution is 2.38. The van der Waals surface area contributed by atoms with Gasteiger partial charge in [0.1, 0.15) is 0 Å². The third-order valence-corrected chi connectivity index (χ3v) is 7.84. The molecule has 0 unspecified atom stereocenters. The van der Waals surface area contributed by atoms with Crippen LogP contribution in [0.15, 0.2) is 30.3 Å². The fraction of sp³-hybridized carbons (Fsp3) is 0.650. The van der Waals surface area contributed by atoms with Crippen molar-refractivity contribution >= 4 is 15.9 Å². The van der Waals surface area contributed by atoms with Crippen LogP contribution in [0.25, 0.3) is 0 Å². The summed E-state index contributed by atoms with van der Waals surface area (Å²) in [7, 11) is -3.20. The highest BCUT2D eigenvalue weighted by Gasteiger charge is 2.46. The monoisotopic (exact) mass is 378 g/mol. The van der Waals surface area contributed by atoms with Crippen LogP contribution in [0.3, 0.4) is 0 Å². The summed E-state index contributed by atoms with van der Waals surface area (Å²) < 4.78 is 26.1. The second kappa shape index (κ2) is 8.09. The van der Waals surface area contributed by atoms with Crippen molar-refractivity contribution in [2.75, 3.05) is 31.9 Å². The molecule has 2 aliphatic rings. The van der Waals surface area contributed by atoms with Gasteiger partial charge < -0.3 is 4.90 Å². The Hall–Kier alpha value is -1.40. The maximum Gasteiger partial charge on any atom is 0.233 e. The Kier molecular flexibility index (Phi) is 6.03. The molecule has 2 aliphatic heterocycles. The van der Waals surface area contributed by atoms with Gasteiger partial charge in [0.2, 0.25) is 15.9 Å². The van der Waals surface area contributed by atoms with Crippen LogP contribution in [0.4, 0.5) is 0 Å². The molecule has 5 nitrogen and oxygen atoms in total. The Bertz CT molecular complexity index is 702. The fourth-order valence-corrected chi connectivity index (χ4v) is 5.39. The molecule has 26 heavy (non-hydrogen) atoms. The molecule has 2 saturated heterocycles. The number of nitrogens with zero attached hydrogens (tertiary/aromatic N) is 2. The lowest BCUT2D eigenvalue weighted by molar-refractivity contribution is -0.139. The number of amides is 1. The summed E-state index contributed by atoms with van der Waals surface area (Å²) in [5, 5.41) is 0. The van der Waals surface area contributed by atoms with Gasteiger partial charge in [0.25, 0.3) is 0 Å². The van der Waals surface area contributed by atoms with E-state index in [0.29, 0.717) is 25.9 Å². The normalized spacial score (nSPS) is 22.0. The quantitative estimate of drug-likeness (QED) is 0.809. The first-order valence-corrected chi connectivity index (χ1v) is 11.4. The molecule has 0 atom stereocenters. The van der Waals surface area contributed by atoms with Crippen molar-refractivity contribution in [3.63, 3.8) is 0 Å². The molecule has 0 aromatic heterocycles. The molecule has 0 radical (unpaired) electrons. The maximum atomic E-state index is 13.6. The molecular weight excluding hydrogens is 348 g/mol. The van der Waals surface area contributed by atoms with E-state index in [0.717, 1.165) is 31.5 Å². The van der Waals surface area contributed by atoms with Gasteiger partial charge in [-0.2, -0.15) is 0 Å². The van der Waals surface area contributed by atoms with E-state index in [-0.39, 0.29) is 11.7 Å². The zero-order valence-electron chi connectivity index (χ0n) is 15.7. The van der Waals surface area contributed by atoms with Gasteiger partial charge in [-0.1, -0.05) is 43.2 Å². The molecule has 3 rings (SSSR count). The minimum atomic E-state index is -3.20. The van der Waals surface area contributed by atoms with E-state index in [1.807, 2.05) is 35.2 Å². The lowest BCUT2D eigenvalue weighted by Crippen LogP contribution is -2.54. The lowest BCUT2D eigenvalue weighted by atomic mass is 9.72. The number of rotatable bonds is 4. The predicted octanol–water partition coefficient (Wildman–Crippen LogP) is 2.77. The average Bonchev–Trinajstić information content (AvgIpc) is 2.97. The maximum absolute atomic E-state index is 13.6. The molecule has 0 N–H and O–H groups in total. The van der Waals surface area contributed by atoms with Crippen LogP contribution in [-0.4, -0.2) is 55.5 Å². The van der Waals surface area contributed by atoms with Crippen LogP contribution in [-0.2, 0) is 20.2 Å². The number of carbonyl (C=O) groups is 1. The summed E-state index contributed by atoms with van der Waals surface area (Å²) in [4.78, 5) is 15.6. The van der Waals surface area contributed by atoms with Crippen molar-refractivity contribution in [1.29, 1.82) is 0 Å². The zero-order valence-corrected chi connectivity index (χ0v) is 16.5. The van der Waals surface area contributed by atoms with Gasteiger partial charge in [-0.15, -0.1) is 0 Å². The molecule has 1 aromatic carbocycles. The van der Waals surface area contributed by atoms with Crippen LogP contribution in [0, 0.1) is 0 Å². The van der Waals surface area contributed by atoms with Crippen LogP contribution in [0.2, 0.25) is 0 Å². The average molecular weight is 379 g/mol. The highest BCUT2D eigenvalue weighted by atomic mass is 32.2. The van der Waals surface area contributed by atoms with Crippen molar-refractivity contribution in [1.82, 2.24) is 9.21 Å². The first-order valence-electron chi connectivity index (χ1n) is 9.82. The second-order valence-corrected chi connectivity index (χ2v) is 9.71. The molecule has 0 saturated carbocycles. The van der Waals surface area contributed by atoms with Crippen molar-refractivity contribution in [3.05, 3.63) is 35.9 Å². The number of carbonyl (C=O) groups excluding carboxylic acids is 1. The Labute approximate surface area is 157 Å². The molecule has 6 heteroatoms. The fourth-order valence-electron chi connectivity index (χ4n) is 4.29. The summed E-state index contributed by atoms with van der Waals surface area (Å²) in [6.45, 7) is 4.17. The Morgan fingerprint density at radius 2 is 1.54 bits per heavy atom. The number of sulfonamides is 1. The molecule has 1 amide bonds. The number of hydrogen-bond acceptors (Lipinski definition) is 3. The Balaban J connectivity index is 1.88. The summed E-state index contributed by atoms with van der Waals surface area (Å²) in [6.07, 6.45) is 5.62. The van der Waals surface area contributed by atoms with Gasteiger partial charge in [-0.3, -0.25) is 4.79 Å². The molecule has 2 fully saturated rings. The zero-order chi connectivity index (χ0) is 18.6. The highest BCUT2D eigenvalue weighted by molar-refractivity contribution is 7.89. The molecule has 0 spiro atoms. The summed E-state index contributed by atoms with van der Waals surface area (Å²) in [6, 6.07) is 9.97. The van der Waals surface area contributed by atoms with Gasteiger partial charge in [0, 0.05) is 26.2 Å². The van der Waals surface area contributed by atoms with E-state index in [4.69, 9.17) is 0 Å². The van der Waals surface area contributed by atoms with Gasteiger partial charge in [-0.05, 0) is 38.2 Å². The summed E-state index contributed by atoms with van der Waals surface area (Å²) in [5.74, 6) is 0.310. The van der Waals surface area contributed by atoms with E-state index in [2.05, 4.69) is 0 Å². The van der Waals surface area contributed by atoms with Crippen LogP contribution in [0.1, 0.15) is 51.0 Å². The molecule has 0 aliphatic carbocycles. The lowest BCUT2D eigenvalue weighted by Gasteiger charge is -2.43. The van der Waals surface area contributed by atoms with E-state index in [9.17, 15) is 13.2 Å². The van der Waals surface area contributed by atoms with Gasteiger partial charge >= 0.3 is 0 Å². The third kappa shape index (κ3) is 3.81. The van der Waals surface area contributed by atoms with Gasteiger partial charge in [0.15, 0.2) is 0 Å². The van der Waals surface area contributed by atoms with E-state index < -0.39 is 15.4 Å². The minimum absolute atomic E-state index is 0.116. The first-order chi connectivity index (χ1) is 12.5. The molecular formula is C20H30N2O3S. The number of benzene rings is 1. The Morgan fingerprint density at radius 3 is 2.08 bits per heavy atom. The Morgan fingerprint density at radius 1 is 0.962 bits per heavy atom. The molecule has 0 bridgehead atoms. The minimum Gasteiger partial charge on any atom is -0.342 e. The van der Waals surface area contributed by atoms with Crippen molar-refractivity contribution in [2.45, 2.75) is 50.9 Å². The predicted molar refractivity (Wildman–Crippen MR) is 103 cm³/mol. The number of likely N-dealkylation sites (tertiary alicyclic amines) is 1. The molecule has 1 aromatic rings. The number of hydrogen-bond donors (Lipinski definition) is 0. The van der Waals surface area contributed by atoms with Crippen molar-refractivity contribution < 1.29 is 13.2 Å². The smallest absolute Gasteiger partial charge is 0.233 e.